The molecule has 0 radical (unpaired) electrons. The number of para-hydroxylation sites is 1. The normalized spacial score (nSPS) is 10.5. The van der Waals surface area contributed by atoms with E-state index in [-0.39, 0.29) is 0 Å². The Kier molecular flexibility index (Phi) is 6.20. The maximum atomic E-state index is 5.26. The number of anilines is 3. The van der Waals surface area contributed by atoms with Gasteiger partial charge in [-0.25, -0.2) is 0 Å². The molecule has 0 atom stereocenters. The molecular weight excluding hydrogens is 338 g/mol. The molecule has 2 N–H and O–H groups in total. The van der Waals surface area contributed by atoms with Crippen LogP contribution in [0.5, 0.6) is 5.75 Å². The summed E-state index contributed by atoms with van der Waals surface area (Å²) in [6.45, 7) is 4.94. The van der Waals surface area contributed by atoms with Crippen LogP contribution in [-0.2, 0) is 12.8 Å². The summed E-state index contributed by atoms with van der Waals surface area (Å²) in [4.78, 5) is 4.53. The second kappa shape index (κ2) is 8.98. The Morgan fingerprint density at radius 2 is 1.96 bits per heavy atom. The summed E-state index contributed by atoms with van der Waals surface area (Å²) in [6.07, 6.45) is 3.43. The van der Waals surface area contributed by atoms with Crippen LogP contribution in [0, 0.1) is 6.92 Å². The van der Waals surface area contributed by atoms with E-state index in [1.165, 1.54) is 16.7 Å². The highest BCUT2D eigenvalue weighted by Gasteiger charge is 2.07. The smallest absolute Gasteiger partial charge is 0.244 e. The zero-order valence-electron chi connectivity index (χ0n) is 16.0. The minimum absolute atomic E-state index is 0.509. The van der Waals surface area contributed by atoms with Gasteiger partial charge in [0, 0.05) is 12.2 Å². The van der Waals surface area contributed by atoms with Crippen LogP contribution in [-0.4, -0.2) is 28.8 Å². The molecule has 0 saturated carbocycles. The largest absolute Gasteiger partial charge is 0.497 e. The molecule has 6 nitrogen and oxygen atoms in total. The number of aryl methyl sites for hydroxylation is 2. The number of benzene rings is 2. The van der Waals surface area contributed by atoms with Crippen LogP contribution >= 0.6 is 0 Å². The Bertz CT molecular complexity index is 897. The van der Waals surface area contributed by atoms with Gasteiger partial charge in [-0.3, -0.25) is 0 Å². The summed E-state index contributed by atoms with van der Waals surface area (Å²) in [5.74, 6) is 2.05. The van der Waals surface area contributed by atoms with Gasteiger partial charge in [0.1, 0.15) is 5.75 Å². The van der Waals surface area contributed by atoms with Gasteiger partial charge in [-0.15, -0.1) is 5.10 Å². The van der Waals surface area contributed by atoms with Crippen molar-refractivity contribution in [3.8, 4) is 5.75 Å². The Labute approximate surface area is 160 Å². The van der Waals surface area contributed by atoms with Gasteiger partial charge in [-0.05, 0) is 48.6 Å². The van der Waals surface area contributed by atoms with Gasteiger partial charge in [0.2, 0.25) is 5.95 Å². The zero-order valence-corrected chi connectivity index (χ0v) is 16.0. The summed E-state index contributed by atoms with van der Waals surface area (Å²) < 4.78 is 5.26. The lowest BCUT2D eigenvalue weighted by atomic mass is 10.1. The van der Waals surface area contributed by atoms with E-state index in [2.05, 4.69) is 63.9 Å². The molecule has 140 valence electrons. The van der Waals surface area contributed by atoms with Crippen LogP contribution in [0.4, 0.5) is 17.5 Å². The van der Waals surface area contributed by atoms with E-state index >= 15 is 0 Å². The van der Waals surface area contributed by atoms with Gasteiger partial charge in [-0.1, -0.05) is 37.3 Å². The molecule has 0 aliphatic heterocycles. The zero-order chi connectivity index (χ0) is 19.1. The predicted molar refractivity (Wildman–Crippen MR) is 109 cm³/mol. The highest BCUT2D eigenvalue weighted by Crippen LogP contribution is 2.24. The molecular formula is C21H25N5O. The summed E-state index contributed by atoms with van der Waals surface area (Å²) in [6, 6.07) is 14.3. The minimum atomic E-state index is 0.509. The van der Waals surface area contributed by atoms with Crippen molar-refractivity contribution >= 4 is 17.5 Å². The molecule has 3 aromatic rings. The highest BCUT2D eigenvalue weighted by molar-refractivity contribution is 5.64. The van der Waals surface area contributed by atoms with Crippen molar-refractivity contribution in [3.05, 3.63) is 65.4 Å². The van der Waals surface area contributed by atoms with Crippen LogP contribution in [0.15, 0.2) is 48.7 Å². The predicted octanol–water partition coefficient (Wildman–Crippen LogP) is 4.15. The molecule has 0 unspecified atom stereocenters. The third-order valence-corrected chi connectivity index (χ3v) is 4.38. The van der Waals surface area contributed by atoms with Crippen LogP contribution in [0.2, 0.25) is 0 Å². The number of aromatic nitrogens is 3. The maximum absolute atomic E-state index is 5.26. The average molecular weight is 363 g/mol. The van der Waals surface area contributed by atoms with E-state index in [9.17, 15) is 0 Å². The first-order valence-corrected chi connectivity index (χ1v) is 9.11. The fraction of sp³-hybridized carbons (Fsp3) is 0.286. The Hall–Kier alpha value is -3.15. The lowest BCUT2D eigenvalue weighted by molar-refractivity contribution is 0.414. The Morgan fingerprint density at radius 3 is 2.78 bits per heavy atom. The fourth-order valence-electron chi connectivity index (χ4n) is 2.92. The molecule has 1 aromatic heterocycles. The third kappa shape index (κ3) is 4.94. The standard InChI is InChI=1S/C21H25N5O/c1-4-17-9-5-7-15(2)20(17)24-19-14-23-26-21(25-19)22-12-11-16-8-6-10-18(13-16)27-3/h5-10,13-14H,4,11-12H2,1-3H3,(H2,22,24,25,26). The quantitative estimate of drug-likeness (QED) is 0.626. The molecule has 0 saturated heterocycles. The van der Waals surface area contributed by atoms with Crippen LogP contribution in [0.3, 0.4) is 0 Å². The molecule has 0 fully saturated rings. The van der Waals surface area contributed by atoms with Crippen molar-refractivity contribution in [1.82, 2.24) is 15.2 Å². The van der Waals surface area contributed by atoms with Crippen molar-refractivity contribution in [2.75, 3.05) is 24.3 Å². The maximum Gasteiger partial charge on any atom is 0.244 e. The number of rotatable bonds is 8. The average Bonchev–Trinajstić information content (AvgIpc) is 2.70. The molecule has 3 rings (SSSR count). The second-order valence-electron chi connectivity index (χ2n) is 6.28. The molecule has 0 spiro atoms. The number of methoxy groups -OCH3 is 1. The monoisotopic (exact) mass is 363 g/mol. The number of hydrogen-bond acceptors (Lipinski definition) is 6. The molecule has 0 bridgehead atoms. The Morgan fingerprint density at radius 1 is 1.11 bits per heavy atom. The van der Waals surface area contributed by atoms with Crippen molar-refractivity contribution in [1.29, 1.82) is 0 Å². The first-order chi connectivity index (χ1) is 13.2. The Balaban J connectivity index is 1.64. The molecule has 0 aliphatic rings. The van der Waals surface area contributed by atoms with Gasteiger partial charge in [0.25, 0.3) is 0 Å². The van der Waals surface area contributed by atoms with E-state index in [1.807, 2.05) is 18.2 Å². The first kappa shape index (κ1) is 18.6. The van der Waals surface area contributed by atoms with E-state index in [0.717, 1.165) is 24.3 Å². The molecule has 1 heterocycles. The molecule has 0 amide bonds. The summed E-state index contributed by atoms with van der Waals surface area (Å²) in [5, 5.41) is 14.8. The lowest BCUT2D eigenvalue weighted by Gasteiger charge is -2.13. The minimum Gasteiger partial charge on any atom is -0.497 e. The number of nitrogens with zero attached hydrogens (tertiary/aromatic N) is 3. The van der Waals surface area contributed by atoms with Gasteiger partial charge in [0.15, 0.2) is 5.82 Å². The summed E-state index contributed by atoms with van der Waals surface area (Å²) >= 11 is 0. The second-order valence-corrected chi connectivity index (χ2v) is 6.28. The van der Waals surface area contributed by atoms with Gasteiger partial charge < -0.3 is 15.4 Å². The van der Waals surface area contributed by atoms with E-state index < -0.39 is 0 Å². The van der Waals surface area contributed by atoms with Gasteiger partial charge >= 0.3 is 0 Å². The summed E-state index contributed by atoms with van der Waals surface area (Å²) in [5.41, 5.74) is 4.71. The topological polar surface area (TPSA) is 72.0 Å². The first-order valence-electron chi connectivity index (χ1n) is 9.11. The van der Waals surface area contributed by atoms with Gasteiger partial charge in [0.05, 0.1) is 13.3 Å². The van der Waals surface area contributed by atoms with Crippen molar-refractivity contribution in [2.45, 2.75) is 26.7 Å². The third-order valence-electron chi connectivity index (χ3n) is 4.38. The number of ether oxygens (including phenoxy) is 1. The molecule has 0 aliphatic carbocycles. The van der Waals surface area contributed by atoms with E-state index in [4.69, 9.17) is 4.74 Å². The highest BCUT2D eigenvalue weighted by atomic mass is 16.5. The fourth-order valence-corrected chi connectivity index (χ4v) is 2.92. The van der Waals surface area contributed by atoms with Crippen molar-refractivity contribution in [3.63, 3.8) is 0 Å². The van der Waals surface area contributed by atoms with Crippen LogP contribution < -0.4 is 15.4 Å². The molecule has 27 heavy (non-hydrogen) atoms. The number of nitrogens with one attached hydrogen (secondary N) is 2. The lowest BCUT2D eigenvalue weighted by Crippen LogP contribution is -2.10. The molecule has 6 heteroatoms. The van der Waals surface area contributed by atoms with Gasteiger partial charge in [-0.2, -0.15) is 10.1 Å². The number of hydrogen-bond donors (Lipinski definition) is 2. The van der Waals surface area contributed by atoms with Crippen LogP contribution in [0.1, 0.15) is 23.6 Å². The van der Waals surface area contributed by atoms with Crippen LogP contribution in [0.25, 0.3) is 0 Å². The van der Waals surface area contributed by atoms with Crippen molar-refractivity contribution < 1.29 is 4.74 Å². The SMILES string of the molecule is CCc1cccc(C)c1Nc1cnnc(NCCc2cccc(OC)c2)n1. The van der Waals surface area contributed by atoms with E-state index in [0.29, 0.717) is 18.3 Å². The summed E-state index contributed by atoms with van der Waals surface area (Å²) in [7, 11) is 1.67. The molecule has 2 aromatic carbocycles. The van der Waals surface area contributed by atoms with E-state index in [1.54, 1.807) is 13.3 Å². The van der Waals surface area contributed by atoms with Crippen molar-refractivity contribution in [2.24, 2.45) is 0 Å².